The molecular weight excluding hydrogens is 264 g/mol. The number of nitrogens with one attached hydrogen (secondary N) is 2. The Bertz CT molecular complexity index is 437. The lowest BCUT2D eigenvalue weighted by Crippen LogP contribution is -2.44. The van der Waals surface area contributed by atoms with Gasteiger partial charge in [0.2, 0.25) is 5.91 Å². The van der Waals surface area contributed by atoms with Crippen LogP contribution in [-0.4, -0.2) is 30.0 Å². The van der Waals surface area contributed by atoms with Crippen molar-refractivity contribution >= 4 is 29.6 Å². The van der Waals surface area contributed by atoms with Gasteiger partial charge in [-0.2, -0.15) is 0 Å². The van der Waals surface area contributed by atoms with Crippen molar-refractivity contribution in [2.75, 3.05) is 6.54 Å². The van der Waals surface area contributed by atoms with E-state index in [1.54, 1.807) is 0 Å². The van der Waals surface area contributed by atoms with E-state index < -0.39 is 12.1 Å². The molecule has 0 saturated heterocycles. The van der Waals surface area contributed by atoms with Crippen LogP contribution in [0.2, 0.25) is 0 Å². The molecule has 0 heterocycles. The minimum absolute atomic E-state index is 0.179. The van der Waals surface area contributed by atoms with Gasteiger partial charge in [0.05, 0.1) is 6.04 Å². The highest BCUT2D eigenvalue weighted by atomic mass is 32.1. The molecule has 2 amide bonds. The number of carbonyl (C=O) groups excluding carboxylic acids is 2. The number of hydrogen-bond donors (Lipinski definition) is 2. The third-order valence-corrected chi connectivity index (χ3v) is 2.58. The summed E-state index contributed by atoms with van der Waals surface area (Å²) in [5.74, 6) is -0.179. The molecule has 19 heavy (non-hydrogen) atoms. The fourth-order valence-corrected chi connectivity index (χ4v) is 1.47. The van der Waals surface area contributed by atoms with Crippen LogP contribution in [0, 0.1) is 0 Å². The van der Waals surface area contributed by atoms with Crippen LogP contribution in [0.1, 0.15) is 12.5 Å². The molecule has 0 aliphatic carbocycles. The summed E-state index contributed by atoms with van der Waals surface area (Å²) in [6.45, 7) is 1.84. The maximum absolute atomic E-state index is 11.5. The van der Waals surface area contributed by atoms with E-state index in [0.29, 0.717) is 0 Å². The average Bonchev–Trinajstić information content (AvgIpc) is 2.42. The maximum atomic E-state index is 11.5. The Kier molecular flexibility index (Phi) is 6.52. The fourth-order valence-electron chi connectivity index (χ4n) is 1.30. The SMILES string of the molecule is CC(=O)NCC(C=S)NC(=O)OCc1ccccc1. The highest BCUT2D eigenvalue weighted by Gasteiger charge is 2.10. The van der Waals surface area contributed by atoms with E-state index in [1.807, 2.05) is 30.3 Å². The summed E-state index contributed by atoms with van der Waals surface area (Å²) in [4.78, 5) is 22.3. The third kappa shape index (κ3) is 6.52. The van der Waals surface area contributed by atoms with Gasteiger partial charge in [0.15, 0.2) is 0 Å². The molecule has 0 bridgehead atoms. The topological polar surface area (TPSA) is 67.4 Å². The molecule has 1 atom stereocenters. The summed E-state index contributed by atoms with van der Waals surface area (Å²) in [6, 6.07) is 8.92. The Labute approximate surface area is 117 Å². The molecule has 1 unspecified atom stereocenters. The highest BCUT2D eigenvalue weighted by Crippen LogP contribution is 2.00. The van der Waals surface area contributed by atoms with Crippen LogP contribution < -0.4 is 10.6 Å². The van der Waals surface area contributed by atoms with Crippen molar-refractivity contribution in [3.8, 4) is 0 Å². The van der Waals surface area contributed by atoms with E-state index in [4.69, 9.17) is 17.0 Å². The maximum Gasteiger partial charge on any atom is 0.408 e. The molecular formula is C13H16N2O3S. The number of alkyl carbamates (subject to hydrolysis) is 1. The Morgan fingerprint density at radius 3 is 2.63 bits per heavy atom. The minimum atomic E-state index is -0.569. The first-order valence-electron chi connectivity index (χ1n) is 5.78. The number of thiocarbonyl (C=S) groups is 1. The predicted molar refractivity (Wildman–Crippen MR) is 75.9 cm³/mol. The quantitative estimate of drug-likeness (QED) is 0.773. The smallest absolute Gasteiger partial charge is 0.408 e. The van der Waals surface area contributed by atoms with Gasteiger partial charge in [-0.3, -0.25) is 4.79 Å². The standard InChI is InChI=1S/C13H16N2O3S/c1-10(16)14-7-12(9-19)15-13(17)18-8-11-5-3-2-4-6-11/h2-6,9,12H,7-8H2,1H3,(H,14,16)(H,15,17). The number of hydrogen-bond acceptors (Lipinski definition) is 4. The fraction of sp³-hybridized carbons (Fsp3) is 0.308. The van der Waals surface area contributed by atoms with Gasteiger partial charge >= 0.3 is 6.09 Å². The number of carbonyl (C=O) groups is 2. The van der Waals surface area contributed by atoms with Gasteiger partial charge in [0.1, 0.15) is 6.61 Å². The molecule has 0 aromatic heterocycles. The van der Waals surface area contributed by atoms with Crippen LogP contribution >= 0.6 is 12.2 Å². The number of benzene rings is 1. The van der Waals surface area contributed by atoms with Crippen LogP contribution in [0.4, 0.5) is 4.79 Å². The largest absolute Gasteiger partial charge is 0.445 e. The van der Waals surface area contributed by atoms with Gasteiger partial charge in [0, 0.05) is 18.8 Å². The summed E-state index contributed by atoms with van der Waals surface area (Å²) in [7, 11) is 0. The molecule has 0 saturated carbocycles. The van der Waals surface area contributed by atoms with Gasteiger partial charge in [0.25, 0.3) is 0 Å². The zero-order chi connectivity index (χ0) is 14.1. The van der Waals surface area contributed by atoms with Crippen molar-refractivity contribution in [2.24, 2.45) is 0 Å². The van der Waals surface area contributed by atoms with Gasteiger partial charge in [-0.15, -0.1) is 0 Å². The molecule has 102 valence electrons. The predicted octanol–water partition coefficient (Wildman–Crippen LogP) is 1.42. The van der Waals surface area contributed by atoms with E-state index in [0.717, 1.165) is 5.56 Å². The molecule has 5 nitrogen and oxygen atoms in total. The lowest BCUT2D eigenvalue weighted by atomic mass is 10.2. The van der Waals surface area contributed by atoms with Crippen LogP contribution in [0.5, 0.6) is 0 Å². The van der Waals surface area contributed by atoms with E-state index in [1.165, 1.54) is 12.3 Å². The van der Waals surface area contributed by atoms with Crippen LogP contribution in [0.3, 0.4) is 0 Å². The average molecular weight is 280 g/mol. The van der Waals surface area contributed by atoms with Gasteiger partial charge in [-0.25, -0.2) is 4.79 Å². The lowest BCUT2D eigenvalue weighted by Gasteiger charge is -2.14. The monoisotopic (exact) mass is 280 g/mol. The first-order chi connectivity index (χ1) is 9.11. The first kappa shape index (κ1) is 15.1. The van der Waals surface area contributed by atoms with Crippen molar-refractivity contribution in [1.82, 2.24) is 10.6 Å². The molecule has 1 aromatic carbocycles. The van der Waals surface area contributed by atoms with Crippen LogP contribution in [0.25, 0.3) is 0 Å². The summed E-state index contributed by atoms with van der Waals surface area (Å²) >= 11 is 4.77. The first-order valence-corrected chi connectivity index (χ1v) is 6.26. The summed E-state index contributed by atoms with van der Waals surface area (Å²) in [5.41, 5.74) is 0.901. The summed E-state index contributed by atoms with van der Waals surface area (Å²) in [5, 5.41) is 6.50. The van der Waals surface area contributed by atoms with Crippen molar-refractivity contribution < 1.29 is 14.3 Å². The summed E-state index contributed by atoms with van der Waals surface area (Å²) < 4.78 is 5.04. The van der Waals surface area contributed by atoms with Gasteiger partial charge in [-0.05, 0) is 5.56 Å². The van der Waals surface area contributed by atoms with Gasteiger partial charge in [-0.1, -0.05) is 42.5 Å². The Morgan fingerprint density at radius 1 is 1.37 bits per heavy atom. The van der Waals surface area contributed by atoms with Crippen molar-refractivity contribution in [1.29, 1.82) is 0 Å². The van der Waals surface area contributed by atoms with E-state index in [9.17, 15) is 9.59 Å². The molecule has 2 N–H and O–H groups in total. The van der Waals surface area contributed by atoms with Crippen LogP contribution in [0.15, 0.2) is 30.3 Å². The Hall–Kier alpha value is -1.95. The van der Waals surface area contributed by atoms with Crippen molar-refractivity contribution in [3.63, 3.8) is 0 Å². The number of ether oxygens (including phenoxy) is 1. The zero-order valence-corrected chi connectivity index (χ0v) is 11.4. The molecule has 1 rings (SSSR count). The van der Waals surface area contributed by atoms with Gasteiger partial charge < -0.3 is 15.4 Å². The van der Waals surface area contributed by atoms with Crippen molar-refractivity contribution in [3.05, 3.63) is 35.9 Å². The van der Waals surface area contributed by atoms with E-state index in [2.05, 4.69) is 10.6 Å². The second kappa shape index (κ2) is 8.20. The molecule has 0 spiro atoms. The lowest BCUT2D eigenvalue weighted by molar-refractivity contribution is -0.118. The molecule has 1 aromatic rings. The van der Waals surface area contributed by atoms with E-state index in [-0.39, 0.29) is 19.1 Å². The van der Waals surface area contributed by atoms with Crippen molar-refractivity contribution in [2.45, 2.75) is 19.6 Å². The highest BCUT2D eigenvalue weighted by molar-refractivity contribution is 7.79. The van der Waals surface area contributed by atoms with Crippen LogP contribution in [-0.2, 0) is 16.1 Å². The molecule has 0 radical (unpaired) electrons. The summed E-state index contributed by atoms with van der Waals surface area (Å²) in [6.07, 6.45) is -0.569. The second-order valence-corrected chi connectivity index (χ2v) is 4.16. The third-order valence-electron chi connectivity index (χ3n) is 2.25. The molecule has 6 heteroatoms. The Balaban J connectivity index is 2.32. The normalized spacial score (nSPS) is 11.2. The second-order valence-electron chi connectivity index (χ2n) is 3.89. The minimum Gasteiger partial charge on any atom is -0.445 e. The number of amides is 2. The number of rotatable bonds is 6. The Morgan fingerprint density at radius 2 is 2.05 bits per heavy atom. The molecule has 0 fully saturated rings. The van der Waals surface area contributed by atoms with E-state index >= 15 is 0 Å². The zero-order valence-electron chi connectivity index (χ0n) is 10.6. The molecule has 0 aliphatic rings. The molecule has 0 aliphatic heterocycles.